The number of aromatic hydroxyl groups is 1. The van der Waals surface area contributed by atoms with Gasteiger partial charge in [-0.1, -0.05) is 11.6 Å². The fourth-order valence-corrected chi connectivity index (χ4v) is 2.06. The Morgan fingerprint density at radius 1 is 1.36 bits per heavy atom. The van der Waals surface area contributed by atoms with Crippen LogP contribution in [0.5, 0.6) is 17.2 Å². The number of phenols is 1. The number of rotatable bonds is 0. The zero-order valence-corrected chi connectivity index (χ0v) is 9.56. The molecule has 1 aliphatic heterocycles. The van der Waals surface area contributed by atoms with Crippen LogP contribution in [-0.4, -0.2) is 18.3 Å². The molecule has 0 unspecified atom stereocenters. The third-order valence-corrected chi connectivity index (χ3v) is 2.93. The highest BCUT2D eigenvalue weighted by molar-refractivity contribution is 9.10. The maximum absolute atomic E-state index is 9.54. The second-order valence-corrected chi connectivity index (χ2v) is 4.10. The summed E-state index contributed by atoms with van der Waals surface area (Å²) >= 11 is 9.00. The zero-order valence-electron chi connectivity index (χ0n) is 7.22. The van der Waals surface area contributed by atoms with Crippen LogP contribution in [-0.2, 0) is 0 Å². The molecule has 0 fully saturated rings. The molecule has 1 heterocycles. The molecule has 5 heteroatoms. The Morgan fingerprint density at radius 3 is 2.86 bits per heavy atom. The predicted molar refractivity (Wildman–Crippen MR) is 56.4 cm³/mol. The average Bonchev–Trinajstić information content (AvgIpc) is 2.39. The number of ether oxygens (including phenoxy) is 2. The van der Waals surface area contributed by atoms with Gasteiger partial charge in [-0.25, -0.2) is 0 Å². The van der Waals surface area contributed by atoms with Gasteiger partial charge in [0.1, 0.15) is 4.47 Å². The van der Waals surface area contributed by atoms with Crippen molar-refractivity contribution in [2.24, 2.45) is 0 Å². The van der Waals surface area contributed by atoms with Crippen LogP contribution in [0, 0.1) is 0 Å². The SMILES string of the molecule is Oc1c(Cl)cc2c(c1Br)OCCCO2. The van der Waals surface area contributed by atoms with Crippen LogP contribution >= 0.6 is 27.5 Å². The first-order valence-electron chi connectivity index (χ1n) is 4.16. The predicted octanol–water partition coefficient (Wildman–Crippen LogP) is 2.97. The Hall–Kier alpha value is -0.610. The van der Waals surface area contributed by atoms with E-state index in [1.807, 2.05) is 0 Å². The summed E-state index contributed by atoms with van der Waals surface area (Å²) in [5.41, 5.74) is 0. The van der Waals surface area contributed by atoms with Crippen LogP contribution in [0.15, 0.2) is 10.5 Å². The Bertz CT molecular complexity index is 368. The van der Waals surface area contributed by atoms with Gasteiger partial charge < -0.3 is 14.6 Å². The molecule has 0 bridgehead atoms. The molecule has 1 aliphatic rings. The van der Waals surface area contributed by atoms with E-state index >= 15 is 0 Å². The lowest BCUT2D eigenvalue weighted by atomic mass is 10.3. The summed E-state index contributed by atoms with van der Waals surface area (Å²) in [6.45, 7) is 1.17. The minimum atomic E-state index is -0.0177. The van der Waals surface area contributed by atoms with E-state index < -0.39 is 0 Å². The summed E-state index contributed by atoms with van der Waals surface area (Å²) < 4.78 is 11.3. The van der Waals surface area contributed by atoms with Crippen molar-refractivity contribution in [3.05, 3.63) is 15.6 Å². The molecule has 1 aromatic carbocycles. The van der Waals surface area contributed by atoms with Crippen molar-refractivity contribution in [1.82, 2.24) is 0 Å². The van der Waals surface area contributed by atoms with Gasteiger partial charge in [0.15, 0.2) is 17.2 Å². The van der Waals surface area contributed by atoms with E-state index in [0.717, 1.165) is 6.42 Å². The van der Waals surface area contributed by atoms with Gasteiger partial charge in [-0.3, -0.25) is 0 Å². The molecule has 76 valence electrons. The van der Waals surface area contributed by atoms with Crippen molar-refractivity contribution in [2.75, 3.05) is 13.2 Å². The summed E-state index contributed by atoms with van der Waals surface area (Å²) in [5.74, 6) is 1.07. The van der Waals surface area contributed by atoms with E-state index in [-0.39, 0.29) is 10.8 Å². The van der Waals surface area contributed by atoms with Gasteiger partial charge >= 0.3 is 0 Å². The molecular formula is C9H8BrClO3. The molecule has 14 heavy (non-hydrogen) atoms. The van der Waals surface area contributed by atoms with Gasteiger partial charge in [0, 0.05) is 12.5 Å². The van der Waals surface area contributed by atoms with E-state index in [1.54, 1.807) is 6.07 Å². The van der Waals surface area contributed by atoms with E-state index in [1.165, 1.54) is 0 Å². The van der Waals surface area contributed by atoms with Crippen LogP contribution in [0.3, 0.4) is 0 Å². The second-order valence-electron chi connectivity index (χ2n) is 2.90. The zero-order chi connectivity index (χ0) is 10.1. The smallest absolute Gasteiger partial charge is 0.179 e. The van der Waals surface area contributed by atoms with Crippen molar-refractivity contribution in [3.63, 3.8) is 0 Å². The molecule has 0 spiro atoms. The molecule has 0 saturated heterocycles. The van der Waals surface area contributed by atoms with Crippen molar-refractivity contribution in [2.45, 2.75) is 6.42 Å². The monoisotopic (exact) mass is 278 g/mol. The first-order chi connectivity index (χ1) is 6.70. The van der Waals surface area contributed by atoms with Crippen molar-refractivity contribution in [3.8, 4) is 17.2 Å². The standard InChI is InChI=1S/C9H8BrClO3/c10-7-8(12)5(11)4-6-9(7)14-3-1-2-13-6/h4,12H,1-3H2. The Labute approximate surface area is 94.7 Å². The number of halogens is 2. The van der Waals surface area contributed by atoms with E-state index in [2.05, 4.69) is 15.9 Å². The first-order valence-corrected chi connectivity index (χ1v) is 5.34. The molecule has 2 rings (SSSR count). The highest BCUT2D eigenvalue weighted by Crippen LogP contribution is 2.46. The lowest BCUT2D eigenvalue weighted by Gasteiger charge is -2.11. The minimum Gasteiger partial charge on any atom is -0.505 e. The van der Waals surface area contributed by atoms with Gasteiger partial charge in [0.25, 0.3) is 0 Å². The van der Waals surface area contributed by atoms with E-state index in [4.69, 9.17) is 21.1 Å². The largest absolute Gasteiger partial charge is 0.505 e. The van der Waals surface area contributed by atoms with Gasteiger partial charge in [0.05, 0.1) is 18.2 Å². The highest BCUT2D eigenvalue weighted by atomic mass is 79.9. The first kappa shape index (κ1) is 9.93. The van der Waals surface area contributed by atoms with Crippen molar-refractivity contribution < 1.29 is 14.6 Å². The van der Waals surface area contributed by atoms with Gasteiger partial charge in [0.2, 0.25) is 0 Å². The van der Waals surface area contributed by atoms with Gasteiger partial charge in [-0.2, -0.15) is 0 Å². The summed E-state index contributed by atoms with van der Waals surface area (Å²) in [5, 5.41) is 9.79. The van der Waals surface area contributed by atoms with E-state index in [9.17, 15) is 5.11 Å². The fourth-order valence-electron chi connectivity index (χ4n) is 1.23. The lowest BCUT2D eigenvalue weighted by molar-refractivity contribution is 0.296. The topological polar surface area (TPSA) is 38.7 Å². The van der Waals surface area contributed by atoms with Crippen LogP contribution in [0.25, 0.3) is 0 Å². The third-order valence-electron chi connectivity index (χ3n) is 1.91. The maximum atomic E-state index is 9.54. The molecule has 0 aliphatic carbocycles. The van der Waals surface area contributed by atoms with E-state index in [0.29, 0.717) is 29.2 Å². The third kappa shape index (κ3) is 1.64. The Kier molecular flexibility index (Phi) is 2.74. The van der Waals surface area contributed by atoms with Gasteiger partial charge in [-0.15, -0.1) is 0 Å². The summed E-state index contributed by atoms with van der Waals surface area (Å²) in [6.07, 6.45) is 0.819. The fraction of sp³-hybridized carbons (Fsp3) is 0.333. The van der Waals surface area contributed by atoms with Crippen molar-refractivity contribution >= 4 is 27.5 Å². The molecule has 3 nitrogen and oxygen atoms in total. The quantitative estimate of drug-likeness (QED) is 0.793. The summed E-state index contributed by atoms with van der Waals surface area (Å²) in [6, 6.07) is 1.56. The molecule has 0 aromatic heterocycles. The molecule has 0 atom stereocenters. The second kappa shape index (κ2) is 3.87. The van der Waals surface area contributed by atoms with Crippen LogP contribution < -0.4 is 9.47 Å². The number of benzene rings is 1. The molecule has 1 N–H and O–H groups in total. The molecule has 0 saturated carbocycles. The van der Waals surface area contributed by atoms with Gasteiger partial charge in [-0.05, 0) is 15.9 Å². The van der Waals surface area contributed by atoms with Crippen LogP contribution in [0.4, 0.5) is 0 Å². The summed E-state index contributed by atoms with van der Waals surface area (Å²) in [7, 11) is 0. The maximum Gasteiger partial charge on any atom is 0.179 e. The normalized spacial score (nSPS) is 15.0. The summed E-state index contributed by atoms with van der Waals surface area (Å²) in [4.78, 5) is 0. The van der Waals surface area contributed by atoms with Crippen LogP contribution in [0.2, 0.25) is 5.02 Å². The molecule has 0 amide bonds. The Balaban J connectivity index is 2.55. The molecule has 1 aromatic rings. The number of hydrogen-bond acceptors (Lipinski definition) is 3. The average molecular weight is 280 g/mol. The van der Waals surface area contributed by atoms with Crippen LogP contribution in [0.1, 0.15) is 6.42 Å². The minimum absolute atomic E-state index is 0.0177. The number of hydrogen-bond donors (Lipinski definition) is 1. The molecule has 0 radical (unpaired) electrons. The molecular weight excluding hydrogens is 271 g/mol. The highest BCUT2D eigenvalue weighted by Gasteiger charge is 2.19. The number of phenolic OH excluding ortho intramolecular Hbond substituents is 1. The Morgan fingerprint density at radius 2 is 2.07 bits per heavy atom. The number of fused-ring (bicyclic) bond motifs is 1. The van der Waals surface area contributed by atoms with Crippen molar-refractivity contribution in [1.29, 1.82) is 0 Å². The lowest BCUT2D eigenvalue weighted by Crippen LogP contribution is -1.97.